The lowest BCUT2D eigenvalue weighted by atomic mass is 9.94. The summed E-state index contributed by atoms with van der Waals surface area (Å²) >= 11 is 0. The number of benzene rings is 2. The average molecular weight is 730 g/mol. The smallest absolute Gasteiger partial charge is 0.303 e. The van der Waals surface area contributed by atoms with Crippen molar-refractivity contribution in [3.05, 3.63) is 70.6 Å². The predicted molar refractivity (Wildman–Crippen MR) is 172 cm³/mol. The summed E-state index contributed by atoms with van der Waals surface area (Å²) in [7, 11) is 1.51. The topological polar surface area (TPSA) is 219 Å². The monoisotopic (exact) mass is 729 g/mol. The summed E-state index contributed by atoms with van der Waals surface area (Å²) in [5.74, 6) is -2.25. The van der Waals surface area contributed by atoms with Crippen molar-refractivity contribution in [1.29, 1.82) is 0 Å². The van der Waals surface area contributed by atoms with Gasteiger partial charge in [0.25, 0.3) is 0 Å². The van der Waals surface area contributed by atoms with E-state index in [1.54, 1.807) is 48.5 Å². The summed E-state index contributed by atoms with van der Waals surface area (Å²) in [6.07, 6.45) is -12.8. The third-order valence-corrected chi connectivity index (χ3v) is 8.12. The molecule has 3 saturated heterocycles. The minimum atomic E-state index is -1.64. The highest BCUT2D eigenvalue weighted by Crippen LogP contribution is 2.40. The van der Waals surface area contributed by atoms with Crippen molar-refractivity contribution in [1.82, 2.24) is 0 Å². The molecule has 0 bridgehead atoms. The summed E-state index contributed by atoms with van der Waals surface area (Å²) in [5.41, 5.74) is 10.4. The maximum Gasteiger partial charge on any atom is 0.303 e. The molecule has 280 valence electrons. The lowest BCUT2D eigenvalue weighted by Crippen LogP contribution is -2.67. The maximum absolute atomic E-state index is 12.5. The van der Waals surface area contributed by atoms with Crippen LogP contribution in [0.3, 0.4) is 0 Å². The van der Waals surface area contributed by atoms with Gasteiger partial charge in [-0.15, -0.1) is 0 Å². The number of fused-ring (bicyclic) bond motifs is 1. The van der Waals surface area contributed by atoms with Crippen LogP contribution >= 0.6 is 0 Å². The normalized spacial score (nSPS) is 31.1. The van der Waals surface area contributed by atoms with E-state index in [-0.39, 0.29) is 6.61 Å². The Balaban J connectivity index is 1.56. The van der Waals surface area contributed by atoms with Crippen molar-refractivity contribution in [3.63, 3.8) is 0 Å². The molecule has 0 aromatic heterocycles. The summed E-state index contributed by atoms with van der Waals surface area (Å²) in [5, 5.41) is 3.99. The van der Waals surface area contributed by atoms with Crippen molar-refractivity contribution in [3.8, 4) is 11.5 Å². The Hall–Kier alpha value is -4.97. The molecule has 3 aliphatic heterocycles. The Bertz CT molecular complexity index is 1600. The summed E-state index contributed by atoms with van der Waals surface area (Å²) in [6.45, 7) is 3.97. The van der Waals surface area contributed by atoms with Gasteiger partial charge in [0.2, 0.25) is 6.29 Å². The van der Waals surface area contributed by atoms with E-state index in [0.29, 0.717) is 17.1 Å². The number of esters is 4. The first-order valence-electron chi connectivity index (χ1n) is 16.3. The van der Waals surface area contributed by atoms with Gasteiger partial charge < -0.3 is 52.1 Å². The highest BCUT2D eigenvalue weighted by molar-refractivity contribution is 5.68. The zero-order chi connectivity index (χ0) is 37.4. The lowest BCUT2D eigenvalue weighted by molar-refractivity contribution is -0.370. The van der Waals surface area contributed by atoms with Gasteiger partial charge in [-0.3, -0.25) is 19.2 Å². The second kappa shape index (κ2) is 17.5. The summed E-state index contributed by atoms with van der Waals surface area (Å²) in [6, 6.07) is 14.3. The number of azide groups is 1. The first kappa shape index (κ1) is 38.3. The Kier molecular flexibility index (Phi) is 12.9. The van der Waals surface area contributed by atoms with Gasteiger partial charge >= 0.3 is 23.9 Å². The summed E-state index contributed by atoms with van der Waals surface area (Å²) < 4.78 is 64.7. The molecular formula is C34H39N3O15. The molecule has 0 saturated carbocycles. The zero-order valence-corrected chi connectivity index (χ0v) is 28.9. The number of hydrogen-bond donors (Lipinski definition) is 0. The lowest BCUT2D eigenvalue weighted by Gasteiger charge is -2.50. The number of carbonyl (C=O) groups is 4. The van der Waals surface area contributed by atoms with Crippen LogP contribution in [0.25, 0.3) is 10.4 Å². The number of ether oxygens (including phenoxy) is 11. The molecule has 5 rings (SSSR count). The molecule has 0 spiro atoms. The molecule has 11 atom stereocenters. The molecule has 0 amide bonds. The van der Waals surface area contributed by atoms with Crippen LogP contribution in [-0.2, 0) is 61.8 Å². The van der Waals surface area contributed by atoms with Crippen LogP contribution in [0, 0.1) is 0 Å². The van der Waals surface area contributed by atoms with Crippen molar-refractivity contribution in [2.75, 3.05) is 20.3 Å². The maximum atomic E-state index is 12.5. The van der Waals surface area contributed by atoms with Gasteiger partial charge in [0.1, 0.15) is 48.6 Å². The largest absolute Gasteiger partial charge is 0.497 e. The van der Waals surface area contributed by atoms with E-state index in [2.05, 4.69) is 10.0 Å². The molecule has 52 heavy (non-hydrogen) atoms. The Labute approximate surface area is 298 Å². The van der Waals surface area contributed by atoms with E-state index in [1.807, 2.05) is 6.07 Å². The fourth-order valence-electron chi connectivity index (χ4n) is 6.02. The van der Waals surface area contributed by atoms with E-state index in [4.69, 9.17) is 52.1 Å². The predicted octanol–water partition coefficient (Wildman–Crippen LogP) is 3.06. The van der Waals surface area contributed by atoms with Gasteiger partial charge in [-0.25, -0.2) is 0 Å². The van der Waals surface area contributed by atoms with Crippen molar-refractivity contribution >= 4 is 23.9 Å². The van der Waals surface area contributed by atoms with Crippen LogP contribution in [0.15, 0.2) is 59.7 Å². The highest BCUT2D eigenvalue weighted by Gasteiger charge is 2.57. The molecule has 2 aromatic rings. The molecule has 2 aromatic carbocycles. The molecule has 0 radical (unpaired) electrons. The number of hydrogen-bond acceptors (Lipinski definition) is 16. The molecule has 0 aliphatic carbocycles. The van der Waals surface area contributed by atoms with Crippen molar-refractivity contribution < 1.29 is 71.3 Å². The van der Waals surface area contributed by atoms with Crippen LogP contribution in [0.1, 0.15) is 39.5 Å². The van der Waals surface area contributed by atoms with Gasteiger partial charge in [0, 0.05) is 38.2 Å². The second-order valence-electron chi connectivity index (χ2n) is 11.9. The fraction of sp³-hybridized carbons (Fsp3) is 0.529. The Morgan fingerprint density at radius 1 is 0.769 bits per heavy atom. The molecule has 3 heterocycles. The third kappa shape index (κ3) is 9.47. The van der Waals surface area contributed by atoms with Gasteiger partial charge in [0.05, 0.1) is 13.7 Å². The average Bonchev–Trinajstić information content (AvgIpc) is 3.11. The van der Waals surface area contributed by atoms with Gasteiger partial charge in [-0.1, -0.05) is 35.4 Å². The number of methoxy groups -OCH3 is 1. The minimum absolute atomic E-state index is 0.0197. The van der Waals surface area contributed by atoms with Crippen molar-refractivity contribution in [2.24, 2.45) is 5.11 Å². The van der Waals surface area contributed by atoms with Crippen LogP contribution in [-0.4, -0.2) is 106 Å². The van der Waals surface area contributed by atoms with E-state index in [1.165, 1.54) is 7.11 Å². The minimum Gasteiger partial charge on any atom is -0.497 e. The Morgan fingerprint density at radius 3 is 2.02 bits per heavy atom. The molecule has 3 fully saturated rings. The molecule has 0 unspecified atom stereocenters. The quantitative estimate of drug-likeness (QED) is 0.101. The second-order valence-corrected chi connectivity index (χ2v) is 11.9. The number of nitrogens with zero attached hydrogens (tertiary/aromatic N) is 3. The van der Waals surface area contributed by atoms with Gasteiger partial charge in [-0.05, 0) is 29.8 Å². The Morgan fingerprint density at radius 2 is 1.40 bits per heavy atom. The standard InChI is InChI=1S/C34H39N3O15/c1-17(38)43-15-24-28(45-18(2)39)30(46-19(3)40)31(47-20(4)41)34(50-24)52-29-26(36-37-35)33(48-23-13-11-22(42-5)12-14-23)49-25-16-44-32(51-27(25)29)21-9-7-6-8-10-21/h6-14,24-34H,15-16H2,1-5H3/t24-,25-,26-,27+,28+,29-,30+,31-,32-,33-,34+/m1/s1. The SMILES string of the molecule is COc1ccc(O[C@@H]2O[C@@H]3CO[C@@H](c4ccccc4)O[C@@H]3[C@H](O[C@@H]3O[C@H](COC(C)=O)[C@H](OC(C)=O)[C@H](OC(C)=O)[C@H]3OC(C)=O)[C@H]2N=[N+]=[N-])cc1. The first-order chi connectivity index (χ1) is 25.0. The number of carbonyl (C=O) groups excluding carboxylic acids is 4. The third-order valence-electron chi connectivity index (χ3n) is 8.12. The van der Waals surface area contributed by atoms with Gasteiger partial charge in [0.15, 0.2) is 30.9 Å². The van der Waals surface area contributed by atoms with E-state index in [9.17, 15) is 24.7 Å². The van der Waals surface area contributed by atoms with Crippen LogP contribution in [0.4, 0.5) is 0 Å². The number of rotatable bonds is 12. The molecule has 0 N–H and O–H groups in total. The molecule has 18 nitrogen and oxygen atoms in total. The zero-order valence-electron chi connectivity index (χ0n) is 28.9. The van der Waals surface area contributed by atoms with Gasteiger partial charge in [-0.2, -0.15) is 0 Å². The summed E-state index contributed by atoms with van der Waals surface area (Å²) in [4.78, 5) is 52.0. The fourth-order valence-corrected chi connectivity index (χ4v) is 6.02. The van der Waals surface area contributed by atoms with Crippen LogP contribution in [0.2, 0.25) is 0 Å². The molecule has 3 aliphatic rings. The van der Waals surface area contributed by atoms with E-state index >= 15 is 0 Å². The highest BCUT2D eigenvalue weighted by atomic mass is 16.8. The molecule has 18 heteroatoms. The van der Waals surface area contributed by atoms with Crippen LogP contribution < -0.4 is 9.47 Å². The van der Waals surface area contributed by atoms with E-state index in [0.717, 1.165) is 27.7 Å². The first-order valence-corrected chi connectivity index (χ1v) is 16.3. The van der Waals surface area contributed by atoms with Crippen LogP contribution in [0.5, 0.6) is 11.5 Å². The van der Waals surface area contributed by atoms with E-state index < -0.39 is 98.1 Å². The van der Waals surface area contributed by atoms with Crippen molar-refractivity contribution in [2.45, 2.75) is 95.3 Å². The molecular weight excluding hydrogens is 690 g/mol.